The van der Waals surface area contributed by atoms with Crippen molar-refractivity contribution in [2.75, 3.05) is 12.3 Å². The molecule has 0 aliphatic heterocycles. The first kappa shape index (κ1) is 12.9. The van der Waals surface area contributed by atoms with Crippen LogP contribution in [-0.4, -0.2) is 26.8 Å². The zero-order chi connectivity index (χ0) is 13.9. The fourth-order valence-corrected chi connectivity index (χ4v) is 2.49. The lowest BCUT2D eigenvalue weighted by Gasteiger charge is -2.25. The molecule has 6 heteroatoms. The average Bonchev–Trinajstić information content (AvgIpc) is 2.82. The molecule has 1 aromatic heterocycles. The lowest BCUT2D eigenvalue weighted by molar-refractivity contribution is 0.265. The van der Waals surface area contributed by atoms with E-state index < -0.39 is 0 Å². The van der Waals surface area contributed by atoms with E-state index in [1.807, 2.05) is 29.8 Å². The van der Waals surface area contributed by atoms with Gasteiger partial charge < -0.3 is 10.5 Å². The summed E-state index contributed by atoms with van der Waals surface area (Å²) in [5.74, 6) is 2.10. The van der Waals surface area contributed by atoms with Crippen molar-refractivity contribution in [1.29, 1.82) is 0 Å². The molecule has 0 spiro atoms. The van der Waals surface area contributed by atoms with Gasteiger partial charge in [0.05, 0.1) is 12.2 Å². The lowest BCUT2D eigenvalue weighted by Crippen LogP contribution is -2.19. The number of aromatic nitrogens is 4. The van der Waals surface area contributed by atoms with Gasteiger partial charge in [-0.25, -0.2) is 4.68 Å². The van der Waals surface area contributed by atoms with Crippen LogP contribution in [-0.2, 0) is 6.54 Å². The summed E-state index contributed by atoms with van der Waals surface area (Å²) in [6.45, 7) is 3.38. The summed E-state index contributed by atoms with van der Waals surface area (Å²) >= 11 is 0. The minimum absolute atomic E-state index is 0.584. The zero-order valence-corrected chi connectivity index (χ0v) is 11.6. The molecule has 1 aliphatic rings. The molecule has 1 fully saturated rings. The van der Waals surface area contributed by atoms with Gasteiger partial charge >= 0.3 is 0 Å². The van der Waals surface area contributed by atoms with Crippen LogP contribution in [0.3, 0.4) is 0 Å². The summed E-state index contributed by atoms with van der Waals surface area (Å²) in [7, 11) is 0. The van der Waals surface area contributed by atoms with E-state index in [1.165, 1.54) is 19.3 Å². The molecule has 1 saturated carbocycles. The summed E-state index contributed by atoms with van der Waals surface area (Å²) in [5.41, 5.74) is 7.53. The van der Waals surface area contributed by atoms with Gasteiger partial charge in [0.2, 0.25) is 0 Å². The monoisotopic (exact) mass is 273 g/mol. The Morgan fingerprint density at radius 1 is 1.40 bits per heavy atom. The molecule has 6 nitrogen and oxygen atoms in total. The Morgan fingerprint density at radius 3 is 2.95 bits per heavy atom. The Balaban J connectivity index is 1.97. The Kier molecular flexibility index (Phi) is 3.54. The van der Waals surface area contributed by atoms with Crippen LogP contribution in [0, 0.1) is 5.92 Å². The number of nitrogens with two attached hydrogens (primary N) is 1. The Hall–Kier alpha value is -2.11. The maximum atomic E-state index is 6.10. The van der Waals surface area contributed by atoms with Crippen LogP contribution in [0.2, 0.25) is 0 Å². The Morgan fingerprint density at radius 2 is 2.25 bits per heavy atom. The summed E-state index contributed by atoms with van der Waals surface area (Å²) < 4.78 is 7.50. The summed E-state index contributed by atoms with van der Waals surface area (Å²) in [5, 5.41) is 12.0. The highest BCUT2D eigenvalue weighted by atomic mass is 16.5. The number of anilines is 1. The minimum Gasteiger partial charge on any atom is -0.493 e. The molecule has 2 aromatic rings. The highest BCUT2D eigenvalue weighted by Gasteiger charge is 2.23. The number of benzene rings is 1. The maximum absolute atomic E-state index is 6.10. The molecular formula is C14H19N5O. The first-order chi connectivity index (χ1) is 9.79. The third-order valence-corrected chi connectivity index (χ3v) is 3.77. The average molecular weight is 273 g/mol. The second-order valence-corrected chi connectivity index (χ2v) is 5.13. The Bertz CT molecular complexity index is 591. The highest BCUT2D eigenvalue weighted by Crippen LogP contribution is 2.35. The van der Waals surface area contributed by atoms with Gasteiger partial charge in [0, 0.05) is 12.2 Å². The van der Waals surface area contributed by atoms with E-state index in [4.69, 9.17) is 10.5 Å². The van der Waals surface area contributed by atoms with Crippen molar-refractivity contribution in [3.8, 4) is 17.1 Å². The molecule has 0 unspecified atom stereocenters. The van der Waals surface area contributed by atoms with Crippen LogP contribution in [0.1, 0.15) is 26.2 Å². The maximum Gasteiger partial charge on any atom is 0.187 e. The number of nitrogen functional groups attached to an aromatic ring is 1. The van der Waals surface area contributed by atoms with Gasteiger partial charge in [-0.1, -0.05) is 12.5 Å². The normalized spacial score (nSPS) is 15.1. The van der Waals surface area contributed by atoms with Crippen molar-refractivity contribution in [2.24, 2.45) is 5.92 Å². The number of hydrogen-bond acceptors (Lipinski definition) is 5. The van der Waals surface area contributed by atoms with E-state index in [0.29, 0.717) is 24.0 Å². The summed E-state index contributed by atoms with van der Waals surface area (Å²) in [4.78, 5) is 0. The number of nitrogens with zero attached hydrogens (tertiary/aromatic N) is 4. The molecule has 106 valence electrons. The smallest absolute Gasteiger partial charge is 0.187 e. The van der Waals surface area contributed by atoms with Crippen LogP contribution in [0.15, 0.2) is 18.2 Å². The van der Waals surface area contributed by atoms with E-state index in [2.05, 4.69) is 15.5 Å². The van der Waals surface area contributed by atoms with Crippen molar-refractivity contribution < 1.29 is 4.74 Å². The minimum atomic E-state index is 0.584. The molecule has 0 saturated heterocycles. The van der Waals surface area contributed by atoms with Crippen molar-refractivity contribution >= 4 is 5.69 Å². The summed E-state index contributed by atoms with van der Waals surface area (Å²) in [6.07, 6.45) is 3.81. The third-order valence-electron chi connectivity index (χ3n) is 3.77. The molecule has 0 radical (unpaired) electrons. The van der Waals surface area contributed by atoms with E-state index >= 15 is 0 Å². The molecule has 1 aromatic carbocycles. The van der Waals surface area contributed by atoms with Crippen LogP contribution in [0.5, 0.6) is 5.75 Å². The first-order valence-electron chi connectivity index (χ1n) is 7.07. The Labute approximate surface area is 117 Å². The van der Waals surface area contributed by atoms with E-state index in [-0.39, 0.29) is 0 Å². The SMILES string of the molecule is CCOc1cccc(N)c1-c1nnnn1CC1CCC1. The number of rotatable bonds is 5. The van der Waals surface area contributed by atoms with Crippen molar-refractivity contribution in [2.45, 2.75) is 32.7 Å². The molecule has 3 rings (SSSR count). The fraction of sp³-hybridized carbons (Fsp3) is 0.500. The third kappa shape index (κ3) is 2.33. The van der Waals surface area contributed by atoms with Gasteiger partial charge in [-0.3, -0.25) is 0 Å². The zero-order valence-electron chi connectivity index (χ0n) is 11.6. The topological polar surface area (TPSA) is 78.8 Å². The van der Waals surface area contributed by atoms with Crippen molar-refractivity contribution in [3.05, 3.63) is 18.2 Å². The quantitative estimate of drug-likeness (QED) is 0.844. The molecule has 1 aliphatic carbocycles. The van der Waals surface area contributed by atoms with Crippen LogP contribution in [0.25, 0.3) is 11.4 Å². The molecule has 0 atom stereocenters. The second kappa shape index (κ2) is 5.48. The molecule has 20 heavy (non-hydrogen) atoms. The van der Waals surface area contributed by atoms with Gasteiger partial charge in [-0.15, -0.1) is 5.10 Å². The molecule has 0 bridgehead atoms. The molecule has 0 amide bonds. The first-order valence-corrected chi connectivity index (χ1v) is 7.07. The van der Waals surface area contributed by atoms with Crippen LogP contribution >= 0.6 is 0 Å². The van der Waals surface area contributed by atoms with Gasteiger partial charge in [0.15, 0.2) is 5.82 Å². The second-order valence-electron chi connectivity index (χ2n) is 5.13. The fourth-order valence-electron chi connectivity index (χ4n) is 2.49. The lowest BCUT2D eigenvalue weighted by atomic mass is 9.85. The predicted molar refractivity (Wildman–Crippen MR) is 76.2 cm³/mol. The predicted octanol–water partition coefficient (Wildman–Crippen LogP) is 2.12. The summed E-state index contributed by atoms with van der Waals surface area (Å²) in [6, 6.07) is 5.63. The van der Waals surface area contributed by atoms with Crippen molar-refractivity contribution in [1.82, 2.24) is 20.2 Å². The molecule has 2 N–H and O–H groups in total. The largest absolute Gasteiger partial charge is 0.493 e. The van der Waals surface area contributed by atoms with Gasteiger partial charge in [-0.05, 0) is 48.2 Å². The standard InChI is InChI=1S/C14H19N5O/c1-2-20-12-8-4-7-11(15)13(12)14-16-17-18-19(14)9-10-5-3-6-10/h4,7-8,10H,2-3,5-6,9,15H2,1H3. The number of ether oxygens (including phenoxy) is 1. The van der Waals surface area contributed by atoms with E-state index in [0.717, 1.165) is 17.9 Å². The van der Waals surface area contributed by atoms with Crippen LogP contribution < -0.4 is 10.5 Å². The van der Waals surface area contributed by atoms with Gasteiger partial charge in [0.25, 0.3) is 0 Å². The molecule has 1 heterocycles. The number of hydrogen-bond donors (Lipinski definition) is 1. The molecular weight excluding hydrogens is 254 g/mol. The van der Waals surface area contributed by atoms with Gasteiger partial charge in [-0.2, -0.15) is 0 Å². The van der Waals surface area contributed by atoms with Crippen LogP contribution in [0.4, 0.5) is 5.69 Å². The van der Waals surface area contributed by atoms with Crippen molar-refractivity contribution in [3.63, 3.8) is 0 Å². The highest BCUT2D eigenvalue weighted by molar-refractivity contribution is 5.77. The van der Waals surface area contributed by atoms with E-state index in [1.54, 1.807) is 0 Å². The van der Waals surface area contributed by atoms with Gasteiger partial charge in [0.1, 0.15) is 5.75 Å². The number of tetrazole rings is 1. The van der Waals surface area contributed by atoms with E-state index in [9.17, 15) is 0 Å².